The lowest BCUT2D eigenvalue weighted by Crippen LogP contribution is -2.41. The number of morpholine rings is 1. The van der Waals surface area contributed by atoms with Gasteiger partial charge in [0, 0.05) is 31.0 Å². The zero-order chi connectivity index (χ0) is 21.9. The number of nitrogens with one attached hydrogen (secondary N) is 2. The van der Waals surface area contributed by atoms with Crippen LogP contribution < -0.4 is 15.5 Å². The number of benzene rings is 2. The third-order valence-electron chi connectivity index (χ3n) is 5.29. The fourth-order valence-corrected chi connectivity index (χ4v) is 3.51. The highest BCUT2D eigenvalue weighted by molar-refractivity contribution is 5.92. The first-order valence-electron chi connectivity index (χ1n) is 10.9. The predicted octanol–water partition coefficient (Wildman–Crippen LogP) is 2.14. The Morgan fingerprint density at radius 3 is 2.32 bits per heavy atom. The van der Waals surface area contributed by atoms with Crippen LogP contribution in [0.5, 0.6) is 0 Å². The quantitative estimate of drug-likeness (QED) is 0.611. The smallest absolute Gasteiger partial charge is 0.238 e. The van der Waals surface area contributed by atoms with Crippen molar-refractivity contribution in [3.05, 3.63) is 60.2 Å². The zero-order valence-corrected chi connectivity index (χ0v) is 18.2. The van der Waals surface area contributed by atoms with Crippen LogP contribution in [0, 0.1) is 0 Å². The fourth-order valence-electron chi connectivity index (χ4n) is 3.51. The highest BCUT2D eigenvalue weighted by Gasteiger charge is 2.14. The third kappa shape index (κ3) is 7.70. The van der Waals surface area contributed by atoms with Crippen molar-refractivity contribution in [2.24, 2.45) is 0 Å². The standard InChI is InChI=1S/C24H32N4O3/c1-2-27(18-23(29)25-13-12-20-6-4-3-5-7-20)19-24(30)26-21-8-10-22(11-9-21)28-14-16-31-17-15-28/h3-11H,2,12-19H2,1H3,(H,25,29)(H,26,30). The molecule has 0 radical (unpaired) electrons. The normalized spacial score (nSPS) is 13.8. The van der Waals surface area contributed by atoms with Gasteiger partial charge in [-0.25, -0.2) is 0 Å². The van der Waals surface area contributed by atoms with Crippen LogP contribution in [0.1, 0.15) is 12.5 Å². The second kappa shape index (κ2) is 12.1. The second-order valence-corrected chi connectivity index (χ2v) is 7.58. The van der Waals surface area contributed by atoms with E-state index >= 15 is 0 Å². The number of ether oxygens (including phenoxy) is 1. The molecule has 0 atom stereocenters. The van der Waals surface area contributed by atoms with Gasteiger partial charge in [0.25, 0.3) is 0 Å². The summed E-state index contributed by atoms with van der Waals surface area (Å²) in [5.41, 5.74) is 3.07. The van der Waals surface area contributed by atoms with Gasteiger partial charge < -0.3 is 20.3 Å². The summed E-state index contributed by atoms with van der Waals surface area (Å²) in [6.07, 6.45) is 0.791. The molecule has 0 unspecified atom stereocenters. The molecule has 1 fully saturated rings. The molecule has 0 saturated carbocycles. The first kappa shape index (κ1) is 22.8. The van der Waals surface area contributed by atoms with E-state index in [0.717, 1.165) is 44.1 Å². The van der Waals surface area contributed by atoms with Crippen molar-refractivity contribution < 1.29 is 14.3 Å². The molecule has 166 valence electrons. The number of hydrogen-bond acceptors (Lipinski definition) is 5. The second-order valence-electron chi connectivity index (χ2n) is 7.58. The molecule has 3 rings (SSSR count). The van der Waals surface area contributed by atoms with Crippen LogP contribution in [0.3, 0.4) is 0 Å². The van der Waals surface area contributed by atoms with Gasteiger partial charge in [0.05, 0.1) is 26.3 Å². The third-order valence-corrected chi connectivity index (χ3v) is 5.29. The fraction of sp³-hybridized carbons (Fsp3) is 0.417. The van der Waals surface area contributed by atoms with E-state index in [9.17, 15) is 9.59 Å². The minimum atomic E-state index is -0.127. The molecule has 2 N–H and O–H groups in total. The molecule has 1 aliphatic rings. The summed E-state index contributed by atoms with van der Waals surface area (Å²) in [5, 5.41) is 5.85. The van der Waals surface area contributed by atoms with Crippen LogP contribution in [-0.4, -0.2) is 69.2 Å². The number of anilines is 2. The molecule has 0 aliphatic carbocycles. The lowest BCUT2D eigenvalue weighted by atomic mass is 10.1. The van der Waals surface area contributed by atoms with E-state index in [1.807, 2.05) is 66.4 Å². The molecular formula is C24H32N4O3. The monoisotopic (exact) mass is 424 g/mol. The molecular weight excluding hydrogens is 392 g/mol. The van der Waals surface area contributed by atoms with E-state index in [-0.39, 0.29) is 24.9 Å². The summed E-state index contributed by atoms with van der Waals surface area (Å²) >= 11 is 0. The predicted molar refractivity (Wildman–Crippen MR) is 123 cm³/mol. The number of likely N-dealkylation sites (N-methyl/N-ethyl adjacent to an activating group) is 1. The zero-order valence-electron chi connectivity index (χ0n) is 18.2. The Labute approximate surface area is 184 Å². The summed E-state index contributed by atoms with van der Waals surface area (Å²) in [6.45, 7) is 6.77. The molecule has 2 aromatic rings. The number of amides is 2. The van der Waals surface area contributed by atoms with Crippen molar-refractivity contribution in [3.63, 3.8) is 0 Å². The van der Waals surface area contributed by atoms with E-state index in [1.54, 1.807) is 0 Å². The van der Waals surface area contributed by atoms with E-state index < -0.39 is 0 Å². The Balaban J connectivity index is 1.39. The van der Waals surface area contributed by atoms with E-state index in [1.165, 1.54) is 5.56 Å². The van der Waals surface area contributed by atoms with Crippen molar-refractivity contribution in [2.45, 2.75) is 13.3 Å². The molecule has 0 bridgehead atoms. The first-order chi connectivity index (χ1) is 15.1. The van der Waals surface area contributed by atoms with Gasteiger partial charge in [-0.2, -0.15) is 0 Å². The lowest BCUT2D eigenvalue weighted by molar-refractivity contribution is -0.123. The Morgan fingerprint density at radius 2 is 1.65 bits per heavy atom. The van der Waals surface area contributed by atoms with Gasteiger partial charge in [-0.05, 0) is 42.8 Å². The molecule has 1 saturated heterocycles. The van der Waals surface area contributed by atoms with E-state index in [0.29, 0.717) is 13.1 Å². The minimum Gasteiger partial charge on any atom is -0.378 e. The largest absolute Gasteiger partial charge is 0.378 e. The van der Waals surface area contributed by atoms with Crippen molar-refractivity contribution in [1.29, 1.82) is 0 Å². The topological polar surface area (TPSA) is 73.9 Å². The van der Waals surface area contributed by atoms with Gasteiger partial charge in [0.1, 0.15) is 0 Å². The van der Waals surface area contributed by atoms with Crippen LogP contribution >= 0.6 is 0 Å². The summed E-state index contributed by atoms with van der Waals surface area (Å²) in [7, 11) is 0. The molecule has 1 aliphatic heterocycles. The van der Waals surface area contributed by atoms with Gasteiger partial charge in [-0.15, -0.1) is 0 Å². The van der Waals surface area contributed by atoms with Crippen LogP contribution in [0.2, 0.25) is 0 Å². The first-order valence-corrected chi connectivity index (χ1v) is 10.9. The van der Waals surface area contributed by atoms with Gasteiger partial charge in [-0.1, -0.05) is 37.3 Å². The van der Waals surface area contributed by atoms with Gasteiger partial charge in [-0.3, -0.25) is 14.5 Å². The number of rotatable bonds is 10. The summed E-state index contributed by atoms with van der Waals surface area (Å²) in [5.74, 6) is -0.196. The minimum absolute atomic E-state index is 0.0690. The molecule has 2 amide bonds. The summed E-state index contributed by atoms with van der Waals surface area (Å²) in [6, 6.07) is 17.9. The Kier molecular flexibility index (Phi) is 8.87. The Morgan fingerprint density at radius 1 is 0.968 bits per heavy atom. The summed E-state index contributed by atoms with van der Waals surface area (Å²) in [4.78, 5) is 28.8. The Hall–Kier alpha value is -2.90. The lowest BCUT2D eigenvalue weighted by Gasteiger charge is -2.29. The molecule has 7 nitrogen and oxygen atoms in total. The molecule has 7 heteroatoms. The maximum Gasteiger partial charge on any atom is 0.238 e. The molecule has 31 heavy (non-hydrogen) atoms. The molecule has 1 heterocycles. The highest BCUT2D eigenvalue weighted by Crippen LogP contribution is 2.19. The molecule has 0 aromatic heterocycles. The SMILES string of the molecule is CCN(CC(=O)NCCc1ccccc1)CC(=O)Nc1ccc(N2CCOCC2)cc1. The number of hydrogen-bond donors (Lipinski definition) is 2. The number of carbonyl (C=O) groups is 2. The van der Waals surface area contributed by atoms with Crippen molar-refractivity contribution in [3.8, 4) is 0 Å². The van der Waals surface area contributed by atoms with E-state index in [4.69, 9.17) is 4.74 Å². The van der Waals surface area contributed by atoms with Crippen molar-refractivity contribution >= 4 is 23.2 Å². The average molecular weight is 425 g/mol. The maximum atomic E-state index is 12.4. The molecule has 2 aromatic carbocycles. The number of carbonyl (C=O) groups excluding carboxylic acids is 2. The van der Waals surface area contributed by atoms with Gasteiger partial charge >= 0.3 is 0 Å². The molecule has 0 spiro atoms. The van der Waals surface area contributed by atoms with Crippen LogP contribution in [-0.2, 0) is 20.7 Å². The summed E-state index contributed by atoms with van der Waals surface area (Å²) < 4.78 is 5.38. The van der Waals surface area contributed by atoms with Gasteiger partial charge in [0.2, 0.25) is 11.8 Å². The van der Waals surface area contributed by atoms with E-state index in [2.05, 4.69) is 15.5 Å². The maximum absolute atomic E-state index is 12.4. The van der Waals surface area contributed by atoms with Crippen molar-refractivity contribution in [2.75, 3.05) is 62.7 Å². The van der Waals surface area contributed by atoms with Crippen molar-refractivity contribution in [1.82, 2.24) is 10.2 Å². The Bertz CT molecular complexity index is 820. The number of nitrogens with zero attached hydrogens (tertiary/aromatic N) is 2. The van der Waals surface area contributed by atoms with Crippen LogP contribution in [0.4, 0.5) is 11.4 Å². The highest BCUT2D eigenvalue weighted by atomic mass is 16.5. The van der Waals surface area contributed by atoms with Crippen LogP contribution in [0.25, 0.3) is 0 Å². The van der Waals surface area contributed by atoms with Crippen LogP contribution in [0.15, 0.2) is 54.6 Å². The van der Waals surface area contributed by atoms with Gasteiger partial charge in [0.15, 0.2) is 0 Å². The average Bonchev–Trinajstić information content (AvgIpc) is 2.80.